The Kier molecular flexibility index (Phi) is 8.68. The molecule has 286 valence electrons. The number of nitrogens with zero attached hydrogens (tertiary/aromatic N) is 1. The molecule has 0 bridgehead atoms. The molecule has 4 unspecified atom stereocenters. The van der Waals surface area contributed by atoms with Crippen molar-refractivity contribution < 1.29 is 38.7 Å². The molecule has 2 saturated heterocycles. The molecule has 9 nitrogen and oxygen atoms in total. The van der Waals surface area contributed by atoms with E-state index in [9.17, 15) is 19.8 Å². The predicted molar refractivity (Wildman–Crippen MR) is 193 cm³/mol. The van der Waals surface area contributed by atoms with Crippen molar-refractivity contribution in [1.82, 2.24) is 4.90 Å². The number of hydrogen-bond acceptors (Lipinski definition) is 8. The topological polar surface area (TPSA) is 115 Å². The highest BCUT2D eigenvalue weighted by atomic mass is 16.7. The molecule has 1 aromatic carbocycles. The minimum Gasteiger partial charge on any atom is -0.456 e. The molecule has 8 rings (SSSR count). The molecule has 9 heteroatoms. The number of amides is 1. The number of hydrogen-bond donors (Lipinski definition) is 2. The predicted octanol–water partition coefficient (Wildman–Crippen LogP) is 6.60. The quantitative estimate of drug-likeness (QED) is 0.303. The number of benzene rings is 1. The van der Waals surface area contributed by atoms with Gasteiger partial charge in [-0.25, -0.2) is 0 Å². The Morgan fingerprint density at radius 1 is 1.04 bits per heavy atom. The van der Waals surface area contributed by atoms with E-state index >= 15 is 0 Å². The van der Waals surface area contributed by atoms with Gasteiger partial charge in [0.05, 0.1) is 24.4 Å². The first kappa shape index (κ1) is 36.9. The van der Waals surface area contributed by atoms with Crippen LogP contribution in [0.1, 0.15) is 112 Å². The molecular weight excluding hydrogens is 658 g/mol. The van der Waals surface area contributed by atoms with Crippen LogP contribution in [0.3, 0.4) is 0 Å². The van der Waals surface area contributed by atoms with Gasteiger partial charge in [0.2, 0.25) is 6.29 Å². The van der Waals surface area contributed by atoms with Crippen molar-refractivity contribution in [2.75, 3.05) is 13.2 Å². The number of fused-ring (bicyclic) bond motifs is 4. The molecule has 5 aliphatic carbocycles. The molecule has 12 atom stereocenters. The molecule has 2 spiro atoms. The Morgan fingerprint density at radius 2 is 1.73 bits per heavy atom. The van der Waals surface area contributed by atoms with Crippen molar-refractivity contribution in [3.8, 4) is 0 Å². The van der Waals surface area contributed by atoms with E-state index in [1.807, 2.05) is 23.1 Å². The number of esters is 1. The van der Waals surface area contributed by atoms with Crippen molar-refractivity contribution >= 4 is 11.9 Å². The van der Waals surface area contributed by atoms with Gasteiger partial charge in [0, 0.05) is 31.3 Å². The van der Waals surface area contributed by atoms with Crippen LogP contribution in [0.25, 0.3) is 0 Å². The van der Waals surface area contributed by atoms with Crippen LogP contribution in [0.5, 0.6) is 0 Å². The Labute approximate surface area is 310 Å². The summed E-state index contributed by atoms with van der Waals surface area (Å²) in [4.78, 5) is 27.6. The summed E-state index contributed by atoms with van der Waals surface area (Å²) in [7, 11) is 0. The second-order valence-corrected chi connectivity index (χ2v) is 19.5. The van der Waals surface area contributed by atoms with Crippen LogP contribution in [0.15, 0.2) is 30.3 Å². The van der Waals surface area contributed by atoms with Crippen LogP contribution in [0, 0.1) is 63.0 Å². The number of carbonyl (C=O) groups excluding carboxylic acids is 2. The largest absolute Gasteiger partial charge is 0.456 e. The minimum absolute atomic E-state index is 0.0768. The highest BCUT2D eigenvalue weighted by molar-refractivity contribution is 5.80. The molecule has 1 amide bonds. The maximum atomic E-state index is 13.6. The fraction of sp³-hybridized carbons (Fsp3) is 0.767. The molecule has 7 fully saturated rings. The molecule has 5 saturated carbocycles. The summed E-state index contributed by atoms with van der Waals surface area (Å²) >= 11 is 0. The molecule has 2 N–H and O–H groups in total. The summed E-state index contributed by atoms with van der Waals surface area (Å²) < 4.78 is 25.1. The van der Waals surface area contributed by atoms with Crippen LogP contribution in [-0.4, -0.2) is 70.3 Å². The number of aliphatic hydroxyl groups is 2. The molecule has 2 aliphatic heterocycles. The molecule has 52 heavy (non-hydrogen) atoms. The van der Waals surface area contributed by atoms with Gasteiger partial charge in [-0.2, -0.15) is 0 Å². The number of morpholine rings is 1. The van der Waals surface area contributed by atoms with E-state index in [-0.39, 0.29) is 50.9 Å². The first-order valence-electron chi connectivity index (χ1n) is 20.0. The maximum Gasteiger partial charge on any atom is 0.303 e. The molecule has 2 radical (unpaired) electrons. The SMILES string of the molecule is CC(=O)O[C@@H]([C]1C[C@@H](C)C2[C](O1)[C@H](O)[C@@]1(C)[C@@H]3CC[C@H]4C(C)(C)C(OC5OCCN(Cc6ccccc6)C5=O)CC[C@@]45CC35CC[C@]21C)C(C)(C)O. The summed E-state index contributed by atoms with van der Waals surface area (Å²) in [6.45, 7) is 18.0. The average Bonchev–Trinajstić information content (AvgIpc) is 3.71. The van der Waals surface area contributed by atoms with E-state index in [1.54, 1.807) is 13.8 Å². The molecule has 2 heterocycles. The smallest absolute Gasteiger partial charge is 0.303 e. The summed E-state index contributed by atoms with van der Waals surface area (Å²) in [6.07, 6.45) is 6.66. The Hall–Kier alpha value is -2.04. The van der Waals surface area contributed by atoms with E-state index in [4.69, 9.17) is 18.9 Å². The normalized spacial score (nSPS) is 44.8. The number of aliphatic hydroxyl groups excluding tert-OH is 1. The lowest BCUT2D eigenvalue weighted by atomic mass is 9.41. The van der Waals surface area contributed by atoms with E-state index in [2.05, 4.69) is 46.8 Å². The first-order valence-corrected chi connectivity index (χ1v) is 20.0. The Balaban J connectivity index is 1.01. The minimum atomic E-state index is -1.33. The van der Waals surface area contributed by atoms with Crippen LogP contribution in [0.2, 0.25) is 0 Å². The van der Waals surface area contributed by atoms with Crippen LogP contribution in [-0.2, 0) is 35.1 Å². The average molecular weight is 720 g/mol. The second-order valence-electron chi connectivity index (χ2n) is 19.5. The Morgan fingerprint density at radius 3 is 2.42 bits per heavy atom. The molecule has 1 aromatic rings. The zero-order valence-electron chi connectivity index (χ0n) is 32.6. The molecule has 0 aromatic heterocycles. The second kappa shape index (κ2) is 12.2. The highest BCUT2D eigenvalue weighted by Gasteiger charge is 2.85. The standard InChI is InChI=1S/C43H61NO8/c1-25-22-28(35(39(5,6)48)50-26(2)45)51-33-32(25)40(7)18-19-43-24-42(43)17-16-31(38(3,4)29(42)14-15-30(43)41(40,8)34(33)46)52-37-36(47)44(20-21-49-37)23-27-12-10-9-11-13-27/h9-13,25,29-32,34-35,37,46,48H,14-24H2,1-8H3/t25-,29+,30+,31?,32?,34+,35+,37?,40-,41-,42-,43?/m1/s1. The maximum absolute atomic E-state index is 13.6. The highest BCUT2D eigenvalue weighted by Crippen LogP contribution is 2.89. The van der Waals surface area contributed by atoms with Crippen molar-refractivity contribution in [2.45, 2.75) is 144 Å². The van der Waals surface area contributed by atoms with Crippen molar-refractivity contribution in [3.63, 3.8) is 0 Å². The number of ether oxygens (including phenoxy) is 4. The van der Waals surface area contributed by atoms with E-state index in [0.29, 0.717) is 50.2 Å². The van der Waals surface area contributed by atoms with Crippen LogP contribution in [0.4, 0.5) is 0 Å². The fourth-order valence-electron chi connectivity index (χ4n) is 13.9. The fourth-order valence-corrected chi connectivity index (χ4v) is 13.9. The van der Waals surface area contributed by atoms with E-state index in [1.165, 1.54) is 13.3 Å². The summed E-state index contributed by atoms with van der Waals surface area (Å²) in [5, 5.41) is 23.6. The van der Waals surface area contributed by atoms with Crippen molar-refractivity contribution in [2.24, 2.45) is 50.7 Å². The molecule has 7 aliphatic rings. The lowest BCUT2D eigenvalue weighted by Crippen LogP contribution is -2.60. The lowest BCUT2D eigenvalue weighted by molar-refractivity contribution is -0.244. The van der Waals surface area contributed by atoms with Gasteiger partial charge in [-0.1, -0.05) is 65.0 Å². The zero-order chi connectivity index (χ0) is 37.2. The third-order valence-electron chi connectivity index (χ3n) is 16.2. The van der Waals surface area contributed by atoms with Gasteiger partial charge in [0.25, 0.3) is 5.91 Å². The monoisotopic (exact) mass is 719 g/mol. The summed E-state index contributed by atoms with van der Waals surface area (Å²) in [5.41, 5.74) is -0.524. The summed E-state index contributed by atoms with van der Waals surface area (Å²) in [5.74, 6) is 0.511. The van der Waals surface area contributed by atoms with Crippen molar-refractivity contribution in [3.05, 3.63) is 48.1 Å². The van der Waals surface area contributed by atoms with Crippen LogP contribution < -0.4 is 0 Å². The van der Waals surface area contributed by atoms with E-state index in [0.717, 1.165) is 44.1 Å². The number of rotatable bonds is 7. The Bertz CT molecular complexity index is 1560. The third kappa shape index (κ3) is 5.10. The van der Waals surface area contributed by atoms with Gasteiger partial charge in [-0.05, 0) is 110 Å². The molecular formula is C43H61NO8. The van der Waals surface area contributed by atoms with Crippen LogP contribution >= 0.6 is 0 Å². The zero-order valence-corrected chi connectivity index (χ0v) is 32.6. The van der Waals surface area contributed by atoms with Gasteiger partial charge in [-0.3, -0.25) is 9.59 Å². The third-order valence-corrected chi connectivity index (χ3v) is 16.2. The summed E-state index contributed by atoms with van der Waals surface area (Å²) in [6, 6.07) is 10.1. The number of carbonyl (C=O) groups is 2. The van der Waals surface area contributed by atoms with Gasteiger partial charge >= 0.3 is 5.97 Å². The first-order chi connectivity index (χ1) is 24.4. The van der Waals surface area contributed by atoms with Gasteiger partial charge < -0.3 is 34.1 Å². The van der Waals surface area contributed by atoms with E-state index < -0.39 is 30.1 Å². The van der Waals surface area contributed by atoms with Gasteiger partial charge in [0.15, 0.2) is 6.10 Å². The van der Waals surface area contributed by atoms with Gasteiger partial charge in [0.1, 0.15) is 12.2 Å². The lowest BCUT2D eigenvalue weighted by Gasteiger charge is -2.63. The van der Waals surface area contributed by atoms with Crippen molar-refractivity contribution in [1.29, 1.82) is 0 Å². The van der Waals surface area contributed by atoms with Gasteiger partial charge in [-0.15, -0.1) is 0 Å².